The number of hydrogen-bond donors (Lipinski definition) is 1. The van der Waals surface area contributed by atoms with Crippen LogP contribution in [0.2, 0.25) is 0 Å². The molecule has 2 atom stereocenters. The van der Waals surface area contributed by atoms with E-state index in [0.717, 1.165) is 5.56 Å². The van der Waals surface area contributed by atoms with Crippen LogP contribution in [0.4, 0.5) is 0 Å². The molecule has 0 radical (unpaired) electrons. The fourth-order valence-corrected chi connectivity index (χ4v) is 5.52. The number of thioether (sulfide) groups is 1. The Bertz CT molecular complexity index is 1040. The zero-order valence-electron chi connectivity index (χ0n) is 21.8. The van der Waals surface area contributed by atoms with Gasteiger partial charge in [-0.05, 0) is 42.5 Å². The van der Waals surface area contributed by atoms with Gasteiger partial charge in [0.05, 0.1) is 21.3 Å². The maximum absolute atomic E-state index is 14.0. The predicted molar refractivity (Wildman–Crippen MR) is 140 cm³/mol. The fraction of sp³-hybridized carbons (Fsp3) is 0.481. The molecule has 2 amide bonds. The van der Waals surface area contributed by atoms with Crippen LogP contribution < -0.4 is 19.5 Å². The molecule has 1 heterocycles. The van der Waals surface area contributed by atoms with Crippen LogP contribution >= 0.6 is 11.8 Å². The lowest BCUT2D eigenvalue weighted by Gasteiger charge is -2.30. The van der Waals surface area contributed by atoms with Crippen LogP contribution in [0.15, 0.2) is 36.4 Å². The highest BCUT2D eigenvalue weighted by Crippen LogP contribution is 2.44. The van der Waals surface area contributed by atoms with Crippen molar-refractivity contribution in [2.24, 2.45) is 0 Å². The largest absolute Gasteiger partial charge is 0.493 e. The third-order valence-electron chi connectivity index (χ3n) is 5.94. The summed E-state index contributed by atoms with van der Waals surface area (Å²) in [5.74, 6) is 1.24. The normalized spacial score (nSPS) is 17.9. The molecule has 0 bridgehead atoms. The highest BCUT2D eigenvalue weighted by molar-refractivity contribution is 7.99. The van der Waals surface area contributed by atoms with E-state index in [-0.39, 0.29) is 28.6 Å². The molecular weight excluding hydrogens is 464 g/mol. The molecule has 0 spiro atoms. The molecule has 0 aromatic heterocycles. The van der Waals surface area contributed by atoms with Crippen LogP contribution in [-0.4, -0.2) is 55.9 Å². The van der Waals surface area contributed by atoms with Crippen molar-refractivity contribution in [2.45, 2.75) is 57.5 Å². The molecule has 1 saturated heterocycles. The van der Waals surface area contributed by atoms with E-state index in [0.29, 0.717) is 28.6 Å². The highest BCUT2D eigenvalue weighted by atomic mass is 32.2. The Hall–Kier alpha value is -2.87. The van der Waals surface area contributed by atoms with Crippen LogP contribution in [-0.2, 0) is 10.2 Å². The molecule has 35 heavy (non-hydrogen) atoms. The smallest absolute Gasteiger partial charge is 0.256 e. The molecule has 8 heteroatoms. The van der Waals surface area contributed by atoms with E-state index >= 15 is 0 Å². The number of benzene rings is 2. The third-order valence-corrected chi connectivity index (χ3v) is 7.27. The topological polar surface area (TPSA) is 77.1 Å². The first-order chi connectivity index (χ1) is 16.5. The Morgan fingerprint density at radius 3 is 2.03 bits per heavy atom. The summed E-state index contributed by atoms with van der Waals surface area (Å²) in [7, 11) is 4.54. The summed E-state index contributed by atoms with van der Waals surface area (Å²) in [6.45, 7) is 10.3. The van der Waals surface area contributed by atoms with Crippen molar-refractivity contribution in [2.75, 3.05) is 27.1 Å². The standard InChI is InChI=1S/C27H36N2O5S/c1-16(2)28-24(30)20-15-35-26(17-9-11-19(12-10-17)27(3,4)5)29(20)25(31)18-13-21(32-6)23(34-8)22(14-18)33-7/h9-14,16,20,26H,15H2,1-8H3,(H,28,30). The van der Waals surface area contributed by atoms with E-state index in [1.807, 2.05) is 13.8 Å². The van der Waals surface area contributed by atoms with Crippen LogP contribution in [0, 0.1) is 0 Å². The van der Waals surface area contributed by atoms with Crippen molar-refractivity contribution in [3.05, 3.63) is 53.1 Å². The number of carbonyl (C=O) groups is 2. The number of nitrogens with one attached hydrogen (secondary N) is 1. The number of nitrogens with zero attached hydrogens (tertiary/aromatic N) is 1. The third kappa shape index (κ3) is 5.69. The molecule has 3 rings (SSSR count). The molecule has 2 aromatic rings. The van der Waals surface area contributed by atoms with Gasteiger partial charge in [0.25, 0.3) is 5.91 Å². The first-order valence-corrected chi connectivity index (χ1v) is 12.7. The molecule has 2 unspecified atom stereocenters. The summed E-state index contributed by atoms with van der Waals surface area (Å²) in [4.78, 5) is 28.8. The van der Waals surface area contributed by atoms with E-state index in [9.17, 15) is 9.59 Å². The quantitative estimate of drug-likeness (QED) is 0.589. The van der Waals surface area contributed by atoms with Crippen LogP contribution in [0.1, 0.15) is 61.5 Å². The molecule has 1 fully saturated rings. The predicted octanol–water partition coefficient (Wildman–Crippen LogP) is 4.79. The number of methoxy groups -OCH3 is 3. The average Bonchev–Trinajstić information content (AvgIpc) is 3.27. The second kappa shape index (κ2) is 10.8. The molecular formula is C27H36N2O5S. The Morgan fingerprint density at radius 1 is 1.00 bits per heavy atom. The first kappa shape index (κ1) is 26.7. The highest BCUT2D eigenvalue weighted by Gasteiger charge is 2.43. The van der Waals surface area contributed by atoms with Crippen LogP contribution in [0.3, 0.4) is 0 Å². The van der Waals surface area contributed by atoms with Gasteiger partial charge in [-0.3, -0.25) is 9.59 Å². The summed E-state index contributed by atoms with van der Waals surface area (Å²) in [6, 6.07) is 10.9. The minimum Gasteiger partial charge on any atom is -0.493 e. The number of amides is 2. The molecule has 1 N–H and O–H groups in total. The van der Waals surface area contributed by atoms with Gasteiger partial charge in [0.1, 0.15) is 11.4 Å². The van der Waals surface area contributed by atoms with Gasteiger partial charge in [-0.25, -0.2) is 0 Å². The van der Waals surface area contributed by atoms with Gasteiger partial charge >= 0.3 is 0 Å². The van der Waals surface area contributed by atoms with Gasteiger partial charge in [0.2, 0.25) is 11.7 Å². The first-order valence-electron chi connectivity index (χ1n) is 11.7. The Kier molecular flexibility index (Phi) is 8.26. The van der Waals surface area contributed by atoms with E-state index in [1.54, 1.807) is 28.8 Å². The Labute approximate surface area is 212 Å². The van der Waals surface area contributed by atoms with Crippen molar-refractivity contribution in [1.29, 1.82) is 0 Å². The number of rotatable bonds is 7. The van der Waals surface area contributed by atoms with Crippen molar-refractivity contribution < 1.29 is 23.8 Å². The summed E-state index contributed by atoms with van der Waals surface area (Å²) in [5, 5.41) is 2.66. The summed E-state index contributed by atoms with van der Waals surface area (Å²) in [5.41, 5.74) is 2.57. The second-order valence-electron chi connectivity index (χ2n) is 9.86. The molecule has 2 aromatic carbocycles. The Balaban J connectivity index is 2.06. The molecule has 0 saturated carbocycles. The van der Waals surface area contributed by atoms with Gasteiger partial charge < -0.3 is 24.4 Å². The van der Waals surface area contributed by atoms with E-state index in [2.05, 4.69) is 50.4 Å². The zero-order chi connectivity index (χ0) is 25.9. The number of hydrogen-bond acceptors (Lipinski definition) is 6. The van der Waals surface area contributed by atoms with Gasteiger partial charge in [-0.15, -0.1) is 11.8 Å². The Morgan fingerprint density at radius 2 is 1.57 bits per heavy atom. The summed E-state index contributed by atoms with van der Waals surface area (Å²) in [6.07, 6.45) is 0. The minimum atomic E-state index is -0.610. The minimum absolute atomic E-state index is 0.0206. The fourth-order valence-electron chi connectivity index (χ4n) is 4.10. The van der Waals surface area contributed by atoms with Gasteiger partial charge in [0, 0.05) is 17.4 Å². The lowest BCUT2D eigenvalue weighted by molar-refractivity contribution is -0.125. The maximum Gasteiger partial charge on any atom is 0.256 e. The zero-order valence-corrected chi connectivity index (χ0v) is 22.6. The molecule has 7 nitrogen and oxygen atoms in total. The van der Waals surface area contributed by atoms with Gasteiger partial charge in [-0.2, -0.15) is 0 Å². The molecule has 0 aliphatic carbocycles. The van der Waals surface area contributed by atoms with Crippen molar-refractivity contribution in [3.63, 3.8) is 0 Å². The summed E-state index contributed by atoms with van der Waals surface area (Å²) < 4.78 is 16.3. The van der Waals surface area contributed by atoms with Crippen molar-refractivity contribution in [1.82, 2.24) is 10.2 Å². The van der Waals surface area contributed by atoms with E-state index in [1.165, 1.54) is 26.9 Å². The van der Waals surface area contributed by atoms with Crippen LogP contribution in [0.25, 0.3) is 0 Å². The molecule has 190 valence electrons. The number of carbonyl (C=O) groups excluding carboxylic acids is 2. The maximum atomic E-state index is 14.0. The van der Waals surface area contributed by atoms with Gasteiger partial charge in [0.15, 0.2) is 11.5 Å². The van der Waals surface area contributed by atoms with Crippen LogP contribution in [0.5, 0.6) is 17.2 Å². The lowest BCUT2D eigenvalue weighted by Crippen LogP contribution is -2.49. The summed E-state index contributed by atoms with van der Waals surface area (Å²) >= 11 is 1.59. The van der Waals surface area contributed by atoms with Crippen molar-refractivity contribution in [3.8, 4) is 17.2 Å². The van der Waals surface area contributed by atoms with E-state index in [4.69, 9.17) is 14.2 Å². The van der Waals surface area contributed by atoms with E-state index < -0.39 is 6.04 Å². The van der Waals surface area contributed by atoms with Crippen molar-refractivity contribution >= 4 is 23.6 Å². The molecule has 1 aliphatic heterocycles. The average molecular weight is 501 g/mol. The molecule has 1 aliphatic rings. The lowest BCUT2D eigenvalue weighted by atomic mass is 9.86. The number of ether oxygens (including phenoxy) is 3. The van der Waals surface area contributed by atoms with Gasteiger partial charge in [-0.1, -0.05) is 45.0 Å². The SMILES string of the molecule is COc1cc(C(=O)N2C(C(=O)NC(C)C)CSC2c2ccc(C(C)(C)C)cc2)cc(OC)c1OC. The second-order valence-corrected chi connectivity index (χ2v) is 11.0. The monoisotopic (exact) mass is 500 g/mol.